The first-order valence-electron chi connectivity index (χ1n) is 8.99. The molecule has 12 N–H and O–H groups in total. The summed E-state index contributed by atoms with van der Waals surface area (Å²) in [5.74, 6) is -7.25. The van der Waals surface area contributed by atoms with Gasteiger partial charge in [0.1, 0.15) is 18.1 Å². The Morgan fingerprint density at radius 1 is 0.710 bits per heavy atom. The third-order valence-corrected chi connectivity index (χ3v) is 3.78. The summed E-state index contributed by atoms with van der Waals surface area (Å²) in [6.45, 7) is 1.32. The van der Waals surface area contributed by atoms with Crippen molar-refractivity contribution in [3.63, 3.8) is 0 Å². The largest absolute Gasteiger partial charge is 0.480 e. The van der Waals surface area contributed by atoms with Crippen LogP contribution in [0.1, 0.15) is 32.6 Å². The molecule has 0 aliphatic heterocycles. The second kappa shape index (κ2) is 12.7. The number of aliphatic carboxylic acids is 1. The van der Waals surface area contributed by atoms with Crippen LogP contribution < -0.4 is 38.9 Å². The second-order valence-corrected chi connectivity index (χ2v) is 6.66. The van der Waals surface area contributed by atoms with Gasteiger partial charge in [-0.25, -0.2) is 4.79 Å². The molecule has 0 aliphatic rings. The smallest absolute Gasteiger partial charge is 0.326 e. The Morgan fingerprint density at radius 3 is 1.42 bits per heavy atom. The van der Waals surface area contributed by atoms with Crippen molar-refractivity contribution in [2.24, 2.45) is 22.9 Å². The summed E-state index contributed by atoms with van der Waals surface area (Å²) in [6.07, 6.45) is -2.08. The van der Waals surface area contributed by atoms with Crippen molar-refractivity contribution in [1.29, 1.82) is 0 Å². The van der Waals surface area contributed by atoms with Crippen LogP contribution in [0.4, 0.5) is 0 Å². The fraction of sp³-hybridized carbons (Fsp3) is 0.562. The Morgan fingerprint density at radius 2 is 1.10 bits per heavy atom. The molecule has 15 heteroatoms. The zero-order valence-electron chi connectivity index (χ0n) is 16.8. The molecule has 0 aromatic rings. The summed E-state index contributed by atoms with van der Waals surface area (Å²) < 4.78 is 0. The van der Waals surface area contributed by atoms with Crippen LogP contribution in [0, 0.1) is 0 Å². The van der Waals surface area contributed by atoms with E-state index in [4.69, 9.17) is 28.0 Å². The molecule has 0 aromatic heterocycles. The first-order chi connectivity index (χ1) is 14.2. The minimum Gasteiger partial charge on any atom is -0.480 e. The lowest BCUT2D eigenvalue weighted by Crippen LogP contribution is -2.58. The van der Waals surface area contributed by atoms with Gasteiger partial charge in [-0.2, -0.15) is 0 Å². The molecule has 0 aliphatic carbocycles. The summed E-state index contributed by atoms with van der Waals surface area (Å²) >= 11 is 0. The van der Waals surface area contributed by atoms with Gasteiger partial charge in [0, 0.05) is 6.42 Å². The van der Waals surface area contributed by atoms with Crippen molar-refractivity contribution in [3.8, 4) is 0 Å². The van der Waals surface area contributed by atoms with Gasteiger partial charge in [-0.3, -0.25) is 28.8 Å². The molecule has 4 atom stereocenters. The van der Waals surface area contributed by atoms with E-state index in [-0.39, 0.29) is 12.8 Å². The molecule has 0 saturated carbocycles. The third kappa shape index (κ3) is 11.1. The number of hydrogen-bond donors (Lipinski definition) is 8. The highest BCUT2D eigenvalue weighted by molar-refractivity contribution is 5.97. The molecule has 4 unspecified atom stereocenters. The predicted molar refractivity (Wildman–Crippen MR) is 103 cm³/mol. The quantitative estimate of drug-likeness (QED) is 0.127. The molecular formula is C16H27N7O8. The zero-order valence-corrected chi connectivity index (χ0v) is 16.8. The van der Waals surface area contributed by atoms with E-state index in [1.165, 1.54) is 6.92 Å². The molecular weight excluding hydrogens is 418 g/mol. The normalized spacial score (nSPS) is 14.3. The van der Waals surface area contributed by atoms with Crippen LogP contribution >= 0.6 is 0 Å². The van der Waals surface area contributed by atoms with Crippen LogP contribution in [-0.2, 0) is 33.6 Å². The molecule has 0 aromatic carbocycles. The van der Waals surface area contributed by atoms with Crippen molar-refractivity contribution >= 4 is 41.4 Å². The zero-order chi connectivity index (χ0) is 24.3. The van der Waals surface area contributed by atoms with Gasteiger partial charge in [0.05, 0.1) is 18.9 Å². The Bertz CT molecular complexity index is 739. The van der Waals surface area contributed by atoms with E-state index in [9.17, 15) is 33.6 Å². The molecule has 0 heterocycles. The Labute approximate surface area is 176 Å². The number of nitrogens with two attached hydrogens (primary N) is 4. The van der Waals surface area contributed by atoms with E-state index in [0.717, 1.165) is 0 Å². The molecule has 15 nitrogen and oxygen atoms in total. The number of carboxylic acids is 1. The standard InChI is InChI=1S/C16H27N7O8/c1-6(17)13(27)22-8(4-11(19)25)15(29)23-9(5-12(20)26)14(28)21-7(16(30)31)2-3-10(18)24/h6-9H,2-5,17H2,1H3,(H2,18,24)(H2,19,25)(H2,20,26)(H,21,28)(H,22,27)(H,23,29)(H,30,31). The number of rotatable bonds is 14. The van der Waals surface area contributed by atoms with E-state index in [1.54, 1.807) is 0 Å². The highest BCUT2D eigenvalue weighted by Gasteiger charge is 2.31. The summed E-state index contributed by atoms with van der Waals surface area (Å²) in [4.78, 5) is 81.3. The highest BCUT2D eigenvalue weighted by Crippen LogP contribution is 2.02. The molecule has 31 heavy (non-hydrogen) atoms. The number of primary amides is 3. The van der Waals surface area contributed by atoms with Crippen LogP contribution in [-0.4, -0.2) is 70.7 Å². The van der Waals surface area contributed by atoms with Crippen LogP contribution in [0.2, 0.25) is 0 Å². The summed E-state index contributed by atoms with van der Waals surface area (Å²) in [5.41, 5.74) is 20.5. The lowest BCUT2D eigenvalue weighted by atomic mass is 10.1. The van der Waals surface area contributed by atoms with Gasteiger partial charge in [0.25, 0.3) is 0 Å². The first-order valence-corrected chi connectivity index (χ1v) is 8.99. The van der Waals surface area contributed by atoms with Crippen molar-refractivity contribution in [2.45, 2.75) is 56.8 Å². The minimum atomic E-state index is -1.65. The van der Waals surface area contributed by atoms with Crippen LogP contribution in [0.25, 0.3) is 0 Å². The fourth-order valence-corrected chi connectivity index (χ4v) is 2.21. The molecule has 0 spiro atoms. The Balaban J connectivity index is 5.47. The van der Waals surface area contributed by atoms with E-state index in [2.05, 4.69) is 16.0 Å². The summed E-state index contributed by atoms with van der Waals surface area (Å²) in [7, 11) is 0. The van der Waals surface area contributed by atoms with Crippen molar-refractivity contribution in [1.82, 2.24) is 16.0 Å². The van der Waals surface area contributed by atoms with Gasteiger partial charge in [0.2, 0.25) is 35.4 Å². The Hall–Kier alpha value is -3.75. The molecule has 0 rings (SSSR count). The lowest BCUT2D eigenvalue weighted by Gasteiger charge is -2.23. The fourth-order valence-electron chi connectivity index (χ4n) is 2.21. The average molecular weight is 445 g/mol. The van der Waals surface area contributed by atoms with Crippen molar-refractivity contribution in [2.75, 3.05) is 0 Å². The Kier molecular flexibility index (Phi) is 11.2. The number of carboxylic acid groups (broad SMARTS) is 1. The van der Waals surface area contributed by atoms with Gasteiger partial charge in [-0.1, -0.05) is 0 Å². The minimum absolute atomic E-state index is 0.345. The van der Waals surface area contributed by atoms with Crippen molar-refractivity contribution < 1.29 is 38.7 Å². The van der Waals surface area contributed by atoms with Crippen LogP contribution in [0.5, 0.6) is 0 Å². The van der Waals surface area contributed by atoms with E-state index >= 15 is 0 Å². The van der Waals surface area contributed by atoms with Gasteiger partial charge < -0.3 is 44.0 Å². The summed E-state index contributed by atoms with van der Waals surface area (Å²) in [6, 6.07) is -5.76. The van der Waals surface area contributed by atoms with Crippen LogP contribution in [0.15, 0.2) is 0 Å². The van der Waals surface area contributed by atoms with Gasteiger partial charge in [-0.05, 0) is 13.3 Å². The molecule has 6 amide bonds. The SMILES string of the molecule is CC(N)C(=O)NC(CC(N)=O)C(=O)NC(CC(N)=O)C(=O)NC(CCC(N)=O)C(=O)O. The van der Waals surface area contributed by atoms with Gasteiger partial charge in [-0.15, -0.1) is 0 Å². The summed E-state index contributed by atoms with van der Waals surface area (Å²) in [5, 5.41) is 15.5. The topological polar surface area (TPSA) is 280 Å². The van der Waals surface area contributed by atoms with E-state index in [1.807, 2.05) is 0 Å². The molecule has 0 fully saturated rings. The van der Waals surface area contributed by atoms with E-state index < -0.39 is 78.4 Å². The first kappa shape index (κ1) is 27.2. The van der Waals surface area contributed by atoms with Crippen LogP contribution in [0.3, 0.4) is 0 Å². The third-order valence-electron chi connectivity index (χ3n) is 3.78. The number of hydrogen-bond acceptors (Lipinski definition) is 8. The lowest BCUT2D eigenvalue weighted by molar-refractivity contribution is -0.143. The molecule has 0 radical (unpaired) electrons. The maximum atomic E-state index is 12.5. The average Bonchev–Trinajstić information content (AvgIpc) is 2.62. The molecule has 0 bridgehead atoms. The number of carbonyl (C=O) groups excluding carboxylic acids is 6. The van der Waals surface area contributed by atoms with Gasteiger partial charge in [0.15, 0.2) is 0 Å². The maximum absolute atomic E-state index is 12.5. The maximum Gasteiger partial charge on any atom is 0.326 e. The second-order valence-electron chi connectivity index (χ2n) is 6.66. The predicted octanol–water partition coefficient (Wildman–Crippen LogP) is -5.11. The highest BCUT2D eigenvalue weighted by atomic mass is 16.4. The monoisotopic (exact) mass is 445 g/mol. The van der Waals surface area contributed by atoms with E-state index in [0.29, 0.717) is 0 Å². The van der Waals surface area contributed by atoms with Gasteiger partial charge >= 0.3 is 5.97 Å². The van der Waals surface area contributed by atoms with Crippen molar-refractivity contribution in [3.05, 3.63) is 0 Å². The molecule has 174 valence electrons. The molecule has 0 saturated heterocycles. The number of carbonyl (C=O) groups is 7. The number of amides is 6. The number of nitrogens with one attached hydrogen (secondary N) is 3.